The zero-order valence-electron chi connectivity index (χ0n) is 17.2. The Kier molecular flexibility index (Phi) is 6.38. The van der Waals surface area contributed by atoms with Gasteiger partial charge in [0.1, 0.15) is 24.5 Å². The molecule has 0 bridgehead atoms. The average molecular weight is 428 g/mol. The molecule has 12 heteroatoms. The number of halogens is 1. The summed E-state index contributed by atoms with van der Waals surface area (Å²) in [7, 11) is 3.20. The largest absolute Gasteiger partial charge is 0.347 e. The molecular formula is C19H21FN8O3. The average Bonchev–Trinajstić information content (AvgIpc) is 3.34. The highest BCUT2D eigenvalue weighted by Gasteiger charge is 2.17. The van der Waals surface area contributed by atoms with Gasteiger partial charge in [-0.3, -0.25) is 19.7 Å². The number of anilines is 1. The van der Waals surface area contributed by atoms with E-state index in [9.17, 15) is 18.8 Å². The van der Waals surface area contributed by atoms with Crippen LogP contribution in [0.5, 0.6) is 0 Å². The number of amides is 3. The Morgan fingerprint density at radius 2 is 1.94 bits per heavy atom. The van der Waals surface area contributed by atoms with Crippen LogP contribution in [0.4, 0.5) is 10.3 Å². The molecule has 1 aromatic carbocycles. The Morgan fingerprint density at radius 1 is 1.16 bits per heavy atom. The van der Waals surface area contributed by atoms with Gasteiger partial charge in [-0.1, -0.05) is 6.07 Å². The lowest BCUT2D eigenvalue weighted by Crippen LogP contribution is -2.35. The highest BCUT2D eigenvalue weighted by atomic mass is 19.1. The summed E-state index contributed by atoms with van der Waals surface area (Å²) < 4.78 is 17.3. The van der Waals surface area contributed by atoms with E-state index in [0.29, 0.717) is 17.1 Å². The summed E-state index contributed by atoms with van der Waals surface area (Å²) in [6.45, 7) is 1.65. The number of nitrogens with one attached hydrogen (secondary N) is 2. The molecule has 0 atom stereocenters. The van der Waals surface area contributed by atoms with E-state index in [4.69, 9.17) is 0 Å². The minimum atomic E-state index is -0.984. The Labute approximate surface area is 176 Å². The monoisotopic (exact) mass is 428 g/mol. The van der Waals surface area contributed by atoms with Crippen LogP contribution in [0.25, 0.3) is 5.69 Å². The Hall–Kier alpha value is -4.09. The van der Waals surface area contributed by atoms with E-state index in [1.54, 1.807) is 50.1 Å². The summed E-state index contributed by atoms with van der Waals surface area (Å²) in [5, 5.41) is 8.56. The lowest BCUT2D eigenvalue weighted by Gasteiger charge is -2.09. The van der Waals surface area contributed by atoms with E-state index in [1.807, 2.05) is 0 Å². The van der Waals surface area contributed by atoms with Crippen LogP contribution in [-0.2, 0) is 27.5 Å². The maximum Gasteiger partial charge on any atom is 0.316 e. The fraction of sp³-hybridized carbons (Fsp3) is 0.263. The van der Waals surface area contributed by atoms with E-state index in [-0.39, 0.29) is 24.9 Å². The minimum absolute atomic E-state index is 0.0500. The van der Waals surface area contributed by atoms with Gasteiger partial charge in [0.25, 0.3) is 0 Å². The van der Waals surface area contributed by atoms with Crippen molar-refractivity contribution < 1.29 is 18.8 Å². The van der Waals surface area contributed by atoms with E-state index in [1.165, 1.54) is 22.0 Å². The Bertz CT molecular complexity index is 1120. The van der Waals surface area contributed by atoms with Crippen LogP contribution in [0.3, 0.4) is 0 Å². The molecule has 162 valence electrons. The molecule has 0 aliphatic heterocycles. The van der Waals surface area contributed by atoms with Crippen LogP contribution >= 0.6 is 0 Å². The van der Waals surface area contributed by atoms with E-state index >= 15 is 0 Å². The van der Waals surface area contributed by atoms with Crippen molar-refractivity contribution in [3.05, 3.63) is 54.1 Å². The van der Waals surface area contributed by atoms with Gasteiger partial charge < -0.3 is 14.8 Å². The zero-order valence-corrected chi connectivity index (χ0v) is 17.2. The molecule has 0 saturated carbocycles. The third kappa shape index (κ3) is 5.29. The van der Waals surface area contributed by atoms with Crippen molar-refractivity contribution in [2.75, 3.05) is 19.4 Å². The van der Waals surface area contributed by atoms with Crippen LogP contribution in [0.2, 0.25) is 0 Å². The molecule has 3 rings (SSSR count). The highest BCUT2D eigenvalue weighted by Crippen LogP contribution is 2.16. The first-order chi connectivity index (χ1) is 14.7. The van der Waals surface area contributed by atoms with Crippen LogP contribution in [0, 0.1) is 12.7 Å². The summed E-state index contributed by atoms with van der Waals surface area (Å²) in [5.74, 6) is -2.09. The lowest BCUT2D eigenvalue weighted by atomic mass is 10.2. The number of benzene rings is 1. The van der Waals surface area contributed by atoms with Gasteiger partial charge in [-0.2, -0.15) is 0 Å². The van der Waals surface area contributed by atoms with Gasteiger partial charge in [-0.05, 0) is 24.6 Å². The quantitative estimate of drug-likeness (QED) is 0.542. The molecule has 2 aromatic heterocycles. The van der Waals surface area contributed by atoms with Gasteiger partial charge in [-0.15, -0.1) is 5.10 Å². The maximum absolute atomic E-state index is 14.4. The highest BCUT2D eigenvalue weighted by molar-refractivity contribution is 6.39. The molecule has 2 N–H and O–H groups in total. The summed E-state index contributed by atoms with van der Waals surface area (Å²) in [5.41, 5.74) is 0.807. The number of nitrogens with zero attached hydrogens (tertiary/aromatic N) is 6. The minimum Gasteiger partial charge on any atom is -0.347 e. The van der Waals surface area contributed by atoms with E-state index < -0.39 is 17.6 Å². The molecule has 3 amide bonds. The predicted octanol–water partition coefficient (Wildman–Crippen LogP) is 0.254. The van der Waals surface area contributed by atoms with Gasteiger partial charge in [0.2, 0.25) is 11.9 Å². The van der Waals surface area contributed by atoms with Crippen molar-refractivity contribution in [2.45, 2.75) is 20.0 Å². The Morgan fingerprint density at radius 3 is 2.58 bits per heavy atom. The van der Waals surface area contributed by atoms with Crippen LogP contribution < -0.4 is 10.6 Å². The third-order valence-electron chi connectivity index (χ3n) is 4.31. The second-order valence-electron chi connectivity index (χ2n) is 6.82. The van der Waals surface area contributed by atoms with Gasteiger partial charge in [0.05, 0.1) is 5.69 Å². The molecule has 0 spiro atoms. The van der Waals surface area contributed by atoms with E-state index in [2.05, 4.69) is 25.7 Å². The van der Waals surface area contributed by atoms with Crippen LogP contribution in [0.1, 0.15) is 11.4 Å². The number of carbonyl (C=O) groups is 3. The summed E-state index contributed by atoms with van der Waals surface area (Å²) >= 11 is 0. The second kappa shape index (κ2) is 9.15. The summed E-state index contributed by atoms with van der Waals surface area (Å²) in [6.07, 6.45) is 4.48. The second-order valence-corrected chi connectivity index (χ2v) is 6.82. The topological polar surface area (TPSA) is 127 Å². The number of aromatic nitrogens is 5. The summed E-state index contributed by atoms with van der Waals surface area (Å²) in [6, 6.07) is 4.48. The number of rotatable bonds is 6. The van der Waals surface area contributed by atoms with Crippen molar-refractivity contribution in [2.24, 2.45) is 0 Å². The zero-order chi connectivity index (χ0) is 22.5. The molecule has 0 fully saturated rings. The standard InChI is InChI=1S/C19H21FN8O3/c1-12-21-6-7-28(12)15-5-4-13(8-14(15)20)9-22-17(30)18(31)24-19-23-11-27(25-19)10-16(29)26(2)3/h4-8,11H,9-10H2,1-3H3,(H,22,30)(H,24,25,31). The fourth-order valence-electron chi connectivity index (χ4n) is 2.62. The molecule has 0 saturated heterocycles. The lowest BCUT2D eigenvalue weighted by molar-refractivity contribution is -0.136. The van der Waals surface area contributed by atoms with Gasteiger partial charge >= 0.3 is 11.8 Å². The molecule has 0 aliphatic carbocycles. The maximum atomic E-state index is 14.4. The number of hydrogen-bond donors (Lipinski definition) is 2. The van der Waals surface area contributed by atoms with Crippen molar-refractivity contribution in [1.82, 2.24) is 34.5 Å². The first kappa shape index (κ1) is 21.6. The molecule has 0 radical (unpaired) electrons. The molecule has 0 aliphatic rings. The fourth-order valence-corrected chi connectivity index (χ4v) is 2.62. The van der Waals surface area contributed by atoms with Gasteiger partial charge in [-0.25, -0.2) is 19.0 Å². The molecule has 0 unspecified atom stereocenters. The van der Waals surface area contributed by atoms with Gasteiger partial charge in [0, 0.05) is 33.0 Å². The Balaban J connectivity index is 1.54. The third-order valence-corrected chi connectivity index (χ3v) is 4.31. The van der Waals surface area contributed by atoms with Crippen molar-refractivity contribution in [3.63, 3.8) is 0 Å². The molecule has 2 heterocycles. The molecule has 31 heavy (non-hydrogen) atoms. The normalized spacial score (nSPS) is 10.6. The van der Waals surface area contributed by atoms with Crippen LogP contribution in [0.15, 0.2) is 36.9 Å². The van der Waals surface area contributed by atoms with E-state index in [0.717, 1.165) is 0 Å². The summed E-state index contributed by atoms with van der Waals surface area (Å²) in [4.78, 5) is 45.0. The van der Waals surface area contributed by atoms with Gasteiger partial charge in [0.15, 0.2) is 0 Å². The molecule has 3 aromatic rings. The molecule has 11 nitrogen and oxygen atoms in total. The number of carbonyl (C=O) groups excluding carboxylic acids is 3. The van der Waals surface area contributed by atoms with Crippen molar-refractivity contribution >= 4 is 23.7 Å². The number of hydrogen-bond acceptors (Lipinski definition) is 6. The number of imidazole rings is 1. The smallest absolute Gasteiger partial charge is 0.316 e. The predicted molar refractivity (Wildman–Crippen MR) is 107 cm³/mol. The van der Waals surface area contributed by atoms with Crippen LogP contribution in [-0.4, -0.2) is 61.0 Å². The SMILES string of the molecule is Cc1nccn1-c1ccc(CNC(=O)C(=O)Nc2ncn(CC(=O)N(C)C)n2)cc1F. The van der Waals surface area contributed by atoms with Crippen molar-refractivity contribution in [3.8, 4) is 5.69 Å². The number of aryl methyl sites for hydroxylation is 1. The first-order valence-corrected chi connectivity index (χ1v) is 9.22. The first-order valence-electron chi connectivity index (χ1n) is 9.22. The molecular weight excluding hydrogens is 407 g/mol. The number of likely N-dealkylation sites (N-methyl/N-ethyl adjacent to an activating group) is 1. The van der Waals surface area contributed by atoms with Crippen molar-refractivity contribution in [1.29, 1.82) is 0 Å².